The number of rotatable bonds is 7. The quantitative estimate of drug-likeness (QED) is 0.607. The third-order valence-electron chi connectivity index (χ3n) is 3.51. The lowest BCUT2D eigenvalue weighted by atomic mass is 9.84. The Morgan fingerprint density at radius 1 is 1.42 bits per heavy atom. The fourth-order valence-electron chi connectivity index (χ4n) is 2.17. The van der Waals surface area contributed by atoms with E-state index in [9.17, 15) is 14.5 Å². The smallest absolute Gasteiger partial charge is 0.272 e. The Balaban J connectivity index is 3.01. The molecule has 1 rings (SSSR count). The second kappa shape index (κ2) is 6.61. The number of nitro benzene ring substituents is 1. The summed E-state index contributed by atoms with van der Waals surface area (Å²) in [6.45, 7) is 4.03. The molecule has 0 aliphatic rings. The number of halogens is 1. The number of nitro groups is 1. The first-order valence-corrected chi connectivity index (χ1v) is 6.63. The molecule has 106 valence electrons. The zero-order chi connectivity index (χ0) is 14.5. The summed E-state index contributed by atoms with van der Waals surface area (Å²) in [6, 6.07) is 3.54. The fraction of sp³-hybridized carbons (Fsp3) is 0.571. The van der Waals surface area contributed by atoms with Gasteiger partial charge in [0, 0.05) is 17.2 Å². The van der Waals surface area contributed by atoms with E-state index in [-0.39, 0.29) is 5.69 Å². The van der Waals surface area contributed by atoms with Crippen molar-refractivity contribution in [3.8, 4) is 0 Å². The predicted octanol–water partition coefficient (Wildman–Crippen LogP) is 3.57. The molecule has 0 spiro atoms. The Hall–Kier alpha value is -1.49. The van der Waals surface area contributed by atoms with Gasteiger partial charge in [-0.05, 0) is 31.4 Å². The van der Waals surface area contributed by atoms with E-state index in [0.717, 1.165) is 25.3 Å². The summed E-state index contributed by atoms with van der Waals surface area (Å²) < 4.78 is 13.3. The summed E-state index contributed by atoms with van der Waals surface area (Å²) in [6.07, 6.45) is 3.81. The molecule has 1 aromatic rings. The van der Waals surface area contributed by atoms with Gasteiger partial charge in [0.25, 0.3) is 5.69 Å². The van der Waals surface area contributed by atoms with Crippen LogP contribution in [-0.4, -0.2) is 10.5 Å². The van der Waals surface area contributed by atoms with E-state index in [2.05, 4.69) is 6.92 Å². The van der Waals surface area contributed by atoms with Crippen molar-refractivity contribution in [3.05, 3.63) is 39.7 Å². The van der Waals surface area contributed by atoms with Gasteiger partial charge < -0.3 is 5.73 Å². The van der Waals surface area contributed by atoms with Gasteiger partial charge in [-0.1, -0.05) is 26.7 Å². The van der Waals surface area contributed by atoms with Crippen molar-refractivity contribution in [2.24, 2.45) is 5.73 Å². The third-order valence-corrected chi connectivity index (χ3v) is 3.51. The molecular weight excluding hydrogens is 247 g/mol. The molecular formula is C14H21FN2O2. The van der Waals surface area contributed by atoms with Gasteiger partial charge in [-0.3, -0.25) is 10.1 Å². The lowest BCUT2D eigenvalue weighted by molar-refractivity contribution is -0.385. The number of hydrogen-bond donors (Lipinski definition) is 1. The predicted molar refractivity (Wildman–Crippen MR) is 73.5 cm³/mol. The van der Waals surface area contributed by atoms with Crippen LogP contribution in [0.25, 0.3) is 0 Å². The van der Waals surface area contributed by atoms with Crippen LogP contribution in [0.2, 0.25) is 0 Å². The molecule has 0 aliphatic carbocycles. The molecule has 5 heteroatoms. The summed E-state index contributed by atoms with van der Waals surface area (Å²) >= 11 is 0. The zero-order valence-corrected chi connectivity index (χ0v) is 11.5. The van der Waals surface area contributed by atoms with Gasteiger partial charge in [0.05, 0.1) is 4.92 Å². The molecule has 0 saturated heterocycles. The van der Waals surface area contributed by atoms with E-state index in [4.69, 9.17) is 5.73 Å². The molecule has 0 radical (unpaired) electrons. The monoisotopic (exact) mass is 268 g/mol. The Bertz CT molecular complexity index is 451. The van der Waals surface area contributed by atoms with E-state index in [1.165, 1.54) is 12.1 Å². The van der Waals surface area contributed by atoms with Crippen molar-refractivity contribution in [3.63, 3.8) is 0 Å². The third kappa shape index (κ3) is 4.28. The first kappa shape index (κ1) is 15.6. The summed E-state index contributed by atoms with van der Waals surface area (Å²) in [5.74, 6) is -0.463. The first-order valence-electron chi connectivity index (χ1n) is 6.63. The molecule has 0 aromatic heterocycles. The highest BCUT2D eigenvalue weighted by Gasteiger charge is 2.26. The lowest BCUT2D eigenvalue weighted by Crippen LogP contribution is -2.41. The average molecular weight is 268 g/mol. The van der Waals surface area contributed by atoms with Crippen LogP contribution in [0, 0.1) is 15.9 Å². The largest absolute Gasteiger partial charge is 0.325 e. The minimum Gasteiger partial charge on any atom is -0.325 e. The van der Waals surface area contributed by atoms with E-state index in [1.54, 1.807) is 0 Å². The summed E-state index contributed by atoms with van der Waals surface area (Å²) in [5.41, 5.74) is 6.11. The first-order chi connectivity index (χ1) is 8.91. The van der Waals surface area contributed by atoms with Crippen molar-refractivity contribution < 1.29 is 9.31 Å². The van der Waals surface area contributed by atoms with Crippen LogP contribution < -0.4 is 5.73 Å². The van der Waals surface area contributed by atoms with Crippen molar-refractivity contribution in [1.82, 2.24) is 0 Å². The van der Waals surface area contributed by atoms with Crippen LogP contribution in [0.1, 0.15) is 45.1 Å². The molecule has 0 aliphatic heterocycles. The maximum absolute atomic E-state index is 13.3. The molecule has 19 heavy (non-hydrogen) atoms. The summed E-state index contributed by atoms with van der Waals surface area (Å²) in [7, 11) is 0. The van der Waals surface area contributed by atoms with E-state index in [1.807, 2.05) is 6.92 Å². The van der Waals surface area contributed by atoms with E-state index in [0.29, 0.717) is 18.4 Å². The Kier molecular flexibility index (Phi) is 5.42. The lowest BCUT2D eigenvalue weighted by Gasteiger charge is -2.28. The van der Waals surface area contributed by atoms with Crippen molar-refractivity contribution in [1.29, 1.82) is 0 Å². The van der Waals surface area contributed by atoms with E-state index >= 15 is 0 Å². The molecule has 0 bridgehead atoms. The second-order valence-corrected chi connectivity index (χ2v) is 5.03. The molecule has 2 N–H and O–H groups in total. The van der Waals surface area contributed by atoms with Crippen molar-refractivity contribution in [2.45, 2.75) is 51.5 Å². The SMILES string of the molecule is CCCCC(N)(CC)Cc1cc(F)ccc1[N+](=O)[O-]. The van der Waals surface area contributed by atoms with Crippen LogP contribution in [-0.2, 0) is 6.42 Å². The van der Waals surface area contributed by atoms with Gasteiger partial charge in [-0.15, -0.1) is 0 Å². The van der Waals surface area contributed by atoms with Crippen LogP contribution in [0.4, 0.5) is 10.1 Å². The van der Waals surface area contributed by atoms with Crippen LogP contribution in [0.15, 0.2) is 18.2 Å². The van der Waals surface area contributed by atoms with Crippen molar-refractivity contribution in [2.75, 3.05) is 0 Å². The fourth-order valence-corrected chi connectivity index (χ4v) is 2.17. The van der Waals surface area contributed by atoms with Crippen molar-refractivity contribution >= 4 is 5.69 Å². The van der Waals surface area contributed by atoms with Gasteiger partial charge in [0.15, 0.2) is 0 Å². The topological polar surface area (TPSA) is 69.2 Å². The highest BCUT2D eigenvalue weighted by Crippen LogP contribution is 2.27. The molecule has 0 saturated carbocycles. The summed E-state index contributed by atoms with van der Waals surface area (Å²) in [4.78, 5) is 10.5. The molecule has 1 aromatic carbocycles. The van der Waals surface area contributed by atoms with E-state index < -0.39 is 16.3 Å². The highest BCUT2D eigenvalue weighted by atomic mass is 19.1. The van der Waals surface area contributed by atoms with Gasteiger partial charge >= 0.3 is 0 Å². The second-order valence-electron chi connectivity index (χ2n) is 5.03. The number of unbranched alkanes of at least 4 members (excludes halogenated alkanes) is 1. The maximum atomic E-state index is 13.3. The van der Waals surface area contributed by atoms with Gasteiger partial charge in [0.1, 0.15) is 5.82 Å². The summed E-state index contributed by atoms with van der Waals surface area (Å²) in [5, 5.41) is 11.0. The molecule has 0 fully saturated rings. The Morgan fingerprint density at radius 3 is 2.63 bits per heavy atom. The normalized spacial score (nSPS) is 14.1. The molecule has 1 atom stereocenters. The number of hydrogen-bond acceptors (Lipinski definition) is 3. The molecule has 4 nitrogen and oxygen atoms in total. The molecule has 0 heterocycles. The van der Waals surface area contributed by atoms with Crippen LogP contribution in [0.3, 0.4) is 0 Å². The Morgan fingerprint density at radius 2 is 2.11 bits per heavy atom. The average Bonchev–Trinajstić information content (AvgIpc) is 2.36. The minimum atomic E-state index is -0.505. The van der Waals surface area contributed by atoms with Crippen LogP contribution >= 0.6 is 0 Å². The minimum absolute atomic E-state index is 0.0545. The van der Waals surface area contributed by atoms with Gasteiger partial charge in [0.2, 0.25) is 0 Å². The van der Waals surface area contributed by atoms with Gasteiger partial charge in [-0.25, -0.2) is 4.39 Å². The standard InChI is InChI=1S/C14H21FN2O2/c1-3-5-8-14(16,4-2)10-11-9-12(15)6-7-13(11)17(18)19/h6-7,9H,3-5,8,10,16H2,1-2H3. The molecule has 0 amide bonds. The molecule has 1 unspecified atom stereocenters. The number of nitrogens with two attached hydrogens (primary N) is 1. The number of nitrogens with zero attached hydrogens (tertiary/aromatic N) is 1. The van der Waals surface area contributed by atoms with Crippen LogP contribution in [0.5, 0.6) is 0 Å². The van der Waals surface area contributed by atoms with Gasteiger partial charge in [-0.2, -0.15) is 0 Å². The zero-order valence-electron chi connectivity index (χ0n) is 11.5. The highest BCUT2D eigenvalue weighted by molar-refractivity contribution is 5.41. The number of benzene rings is 1. The Labute approximate surface area is 113 Å². The maximum Gasteiger partial charge on any atom is 0.272 e.